The highest BCUT2D eigenvalue weighted by Gasteiger charge is 2.42. The summed E-state index contributed by atoms with van der Waals surface area (Å²) in [7, 11) is 1.35. The number of methoxy groups -OCH3 is 1. The molecule has 39 heavy (non-hydrogen) atoms. The number of allylic oxidation sites excluding steroid dienone is 1. The van der Waals surface area contributed by atoms with Crippen LogP contribution in [0.1, 0.15) is 40.7 Å². The summed E-state index contributed by atoms with van der Waals surface area (Å²) in [6.45, 7) is 4.44. The molecule has 3 aliphatic rings. The number of likely N-dealkylation sites (tertiary alicyclic amines) is 1. The highest BCUT2D eigenvalue weighted by molar-refractivity contribution is 5.70. The molecule has 6 rings (SSSR count). The maximum atomic E-state index is 11.5. The van der Waals surface area contributed by atoms with Crippen molar-refractivity contribution in [1.29, 1.82) is 0 Å². The van der Waals surface area contributed by atoms with Gasteiger partial charge < -0.3 is 18.9 Å². The molecule has 1 aliphatic carbocycles. The van der Waals surface area contributed by atoms with E-state index in [9.17, 15) is 4.79 Å². The summed E-state index contributed by atoms with van der Waals surface area (Å²) in [6, 6.07) is 25.4. The first kappa shape index (κ1) is 25.8. The van der Waals surface area contributed by atoms with Crippen LogP contribution in [0.4, 0.5) is 0 Å². The van der Waals surface area contributed by atoms with Crippen LogP contribution in [0.25, 0.3) is 6.08 Å². The van der Waals surface area contributed by atoms with Crippen molar-refractivity contribution >= 4 is 12.0 Å². The van der Waals surface area contributed by atoms with Gasteiger partial charge in [0, 0.05) is 12.0 Å². The number of carbonyl (C=O) groups excluding carboxylic acids is 1. The van der Waals surface area contributed by atoms with E-state index < -0.39 is 11.6 Å². The number of carbonyl (C=O) groups is 1. The van der Waals surface area contributed by atoms with Gasteiger partial charge in [0.1, 0.15) is 24.6 Å². The van der Waals surface area contributed by atoms with Crippen LogP contribution in [0.15, 0.2) is 78.9 Å². The van der Waals surface area contributed by atoms with Gasteiger partial charge in [0.2, 0.25) is 0 Å². The lowest BCUT2D eigenvalue weighted by Crippen LogP contribution is -2.49. The molecule has 6 heteroatoms. The summed E-state index contributed by atoms with van der Waals surface area (Å²) in [5, 5.41) is 0. The number of hydrogen-bond acceptors (Lipinski definition) is 6. The third-order valence-corrected chi connectivity index (χ3v) is 8.41. The van der Waals surface area contributed by atoms with E-state index in [1.165, 1.54) is 36.6 Å². The Morgan fingerprint density at radius 3 is 2.33 bits per heavy atom. The predicted octanol–water partition coefficient (Wildman–Crippen LogP) is 5.24. The normalized spacial score (nSPS) is 18.9. The number of hydrogen-bond donors (Lipinski definition) is 0. The molecule has 2 aliphatic heterocycles. The second-order valence-corrected chi connectivity index (χ2v) is 10.8. The molecule has 2 heterocycles. The monoisotopic (exact) mass is 525 g/mol. The Morgan fingerprint density at radius 1 is 0.923 bits per heavy atom. The summed E-state index contributed by atoms with van der Waals surface area (Å²) in [4.78, 5) is 14.1. The molecule has 0 N–H and O–H groups in total. The predicted molar refractivity (Wildman–Crippen MR) is 149 cm³/mol. The van der Waals surface area contributed by atoms with Gasteiger partial charge in [0.05, 0.1) is 20.3 Å². The van der Waals surface area contributed by atoms with Gasteiger partial charge in [-0.3, -0.25) is 4.90 Å². The first-order valence-corrected chi connectivity index (χ1v) is 13.7. The summed E-state index contributed by atoms with van der Waals surface area (Å²) in [6.07, 6.45) is 7.10. The molecule has 1 spiro atoms. The van der Waals surface area contributed by atoms with Crippen LogP contribution < -0.4 is 4.74 Å². The summed E-state index contributed by atoms with van der Waals surface area (Å²) >= 11 is 0. The highest BCUT2D eigenvalue weighted by atomic mass is 16.6. The zero-order valence-electron chi connectivity index (χ0n) is 22.4. The lowest BCUT2D eigenvalue weighted by Gasteiger charge is -2.41. The fourth-order valence-electron chi connectivity index (χ4n) is 5.88. The number of nitrogens with zero attached hydrogens (tertiary/aromatic N) is 1. The minimum atomic E-state index is -0.601. The Bertz CT molecular complexity index is 1320. The van der Waals surface area contributed by atoms with Crippen molar-refractivity contribution in [2.45, 2.75) is 37.0 Å². The van der Waals surface area contributed by atoms with Gasteiger partial charge in [0.15, 0.2) is 0 Å². The van der Waals surface area contributed by atoms with Gasteiger partial charge in [0.25, 0.3) is 0 Å². The first-order chi connectivity index (χ1) is 19.1. The van der Waals surface area contributed by atoms with E-state index in [0.29, 0.717) is 19.8 Å². The van der Waals surface area contributed by atoms with Gasteiger partial charge in [-0.05, 0) is 65.9 Å². The standard InChI is InChI=1S/C33H35NO5/c1-36-31(35)22-39-33(23-37-24-33)28-10-12-29(13-11-28)38-21-26-8-6-25(7-9-26)20-34-18-16-32(17-19-34)15-14-27-4-2-3-5-30(27)32/h2-15H,16-24H2,1H3. The molecule has 0 bridgehead atoms. The summed E-state index contributed by atoms with van der Waals surface area (Å²) in [5.41, 5.74) is 5.96. The SMILES string of the molecule is COC(=O)COC1(c2ccc(OCc3ccc(CN4CCC5(C=Cc6ccccc65)CC4)cc3)cc2)COC1. The quantitative estimate of drug-likeness (QED) is 0.356. The molecule has 3 aromatic rings. The van der Waals surface area contributed by atoms with Gasteiger partial charge in [-0.25, -0.2) is 4.79 Å². The molecule has 0 aromatic heterocycles. The minimum Gasteiger partial charge on any atom is -0.489 e. The number of piperidine rings is 1. The van der Waals surface area contributed by atoms with Crippen LogP contribution in [-0.2, 0) is 43.2 Å². The molecule has 6 nitrogen and oxygen atoms in total. The first-order valence-electron chi connectivity index (χ1n) is 13.7. The summed E-state index contributed by atoms with van der Waals surface area (Å²) in [5.74, 6) is 0.389. The van der Waals surface area contributed by atoms with Gasteiger partial charge >= 0.3 is 5.97 Å². The number of esters is 1. The Hall–Kier alpha value is -3.45. The van der Waals surface area contributed by atoms with E-state index in [1.54, 1.807) is 0 Å². The van der Waals surface area contributed by atoms with E-state index in [1.807, 2.05) is 24.3 Å². The fraction of sp³-hybridized carbons (Fsp3) is 0.364. The fourth-order valence-corrected chi connectivity index (χ4v) is 5.88. The lowest BCUT2D eigenvalue weighted by atomic mass is 9.74. The smallest absolute Gasteiger partial charge is 0.331 e. The van der Waals surface area contributed by atoms with E-state index in [-0.39, 0.29) is 12.0 Å². The van der Waals surface area contributed by atoms with Crippen molar-refractivity contribution in [2.24, 2.45) is 0 Å². The topological polar surface area (TPSA) is 57.2 Å². The van der Waals surface area contributed by atoms with Crippen LogP contribution in [-0.4, -0.2) is 50.9 Å². The van der Waals surface area contributed by atoms with Crippen molar-refractivity contribution in [1.82, 2.24) is 4.90 Å². The Balaban J connectivity index is 0.985. The van der Waals surface area contributed by atoms with E-state index in [4.69, 9.17) is 14.2 Å². The largest absolute Gasteiger partial charge is 0.489 e. The molecular formula is C33H35NO5. The van der Waals surface area contributed by atoms with Gasteiger partial charge in [-0.15, -0.1) is 0 Å². The molecule has 0 atom stereocenters. The molecule has 0 amide bonds. The molecule has 202 valence electrons. The van der Waals surface area contributed by atoms with Crippen LogP contribution in [0.2, 0.25) is 0 Å². The second kappa shape index (κ2) is 11.0. The van der Waals surface area contributed by atoms with E-state index in [0.717, 1.165) is 36.5 Å². The van der Waals surface area contributed by atoms with Crippen molar-refractivity contribution in [3.05, 3.63) is 107 Å². The molecular weight excluding hydrogens is 490 g/mol. The lowest BCUT2D eigenvalue weighted by molar-refractivity contribution is -0.220. The molecule has 3 aromatic carbocycles. The molecule has 0 radical (unpaired) electrons. The van der Waals surface area contributed by atoms with Crippen LogP contribution in [0.3, 0.4) is 0 Å². The summed E-state index contributed by atoms with van der Waals surface area (Å²) < 4.78 is 21.9. The second-order valence-electron chi connectivity index (χ2n) is 10.8. The van der Waals surface area contributed by atoms with Crippen molar-refractivity contribution in [2.75, 3.05) is 40.0 Å². The Morgan fingerprint density at radius 2 is 1.64 bits per heavy atom. The van der Waals surface area contributed by atoms with Crippen molar-refractivity contribution < 1.29 is 23.7 Å². The Labute approximate surface area is 230 Å². The molecule has 2 fully saturated rings. The van der Waals surface area contributed by atoms with Gasteiger partial charge in [-0.1, -0.05) is 72.8 Å². The maximum absolute atomic E-state index is 11.5. The van der Waals surface area contributed by atoms with Crippen molar-refractivity contribution in [3.63, 3.8) is 0 Å². The van der Waals surface area contributed by atoms with E-state index in [2.05, 4.69) is 70.3 Å². The highest BCUT2D eigenvalue weighted by Crippen LogP contribution is 2.43. The van der Waals surface area contributed by atoms with Crippen LogP contribution in [0, 0.1) is 0 Å². The molecule has 0 unspecified atom stereocenters. The van der Waals surface area contributed by atoms with Gasteiger partial charge in [-0.2, -0.15) is 0 Å². The number of benzene rings is 3. The third-order valence-electron chi connectivity index (χ3n) is 8.41. The maximum Gasteiger partial charge on any atom is 0.331 e. The number of rotatable bonds is 9. The zero-order chi connectivity index (χ0) is 26.7. The number of fused-ring (bicyclic) bond motifs is 2. The average Bonchev–Trinajstić information content (AvgIpc) is 3.32. The minimum absolute atomic E-state index is 0.0987. The van der Waals surface area contributed by atoms with Crippen LogP contribution in [0.5, 0.6) is 5.75 Å². The third kappa shape index (κ3) is 5.37. The molecule has 0 saturated carbocycles. The Kier molecular flexibility index (Phi) is 7.26. The van der Waals surface area contributed by atoms with Crippen LogP contribution >= 0.6 is 0 Å². The zero-order valence-corrected chi connectivity index (χ0v) is 22.4. The van der Waals surface area contributed by atoms with E-state index >= 15 is 0 Å². The molecule has 2 saturated heterocycles. The number of ether oxygens (including phenoxy) is 4. The van der Waals surface area contributed by atoms with Crippen molar-refractivity contribution in [3.8, 4) is 5.75 Å². The average molecular weight is 526 g/mol.